The zero-order valence-electron chi connectivity index (χ0n) is 13.0. The molecule has 3 rings (SSSR count). The van der Waals surface area contributed by atoms with Crippen molar-refractivity contribution in [2.75, 3.05) is 23.7 Å². The van der Waals surface area contributed by atoms with E-state index >= 15 is 0 Å². The van der Waals surface area contributed by atoms with E-state index < -0.39 is 0 Å². The molecule has 4 heteroatoms. The minimum atomic E-state index is 0.687. The molecule has 118 valence electrons. The van der Waals surface area contributed by atoms with Gasteiger partial charge in [0.25, 0.3) is 0 Å². The molecule has 0 amide bonds. The van der Waals surface area contributed by atoms with Crippen molar-refractivity contribution in [3.05, 3.63) is 58.6 Å². The van der Waals surface area contributed by atoms with Gasteiger partial charge >= 0.3 is 0 Å². The van der Waals surface area contributed by atoms with Crippen molar-refractivity contribution in [1.29, 1.82) is 5.26 Å². The number of hydrogen-bond acceptors (Lipinski definition) is 3. The lowest BCUT2D eigenvalue weighted by Crippen LogP contribution is -2.34. The lowest BCUT2D eigenvalue weighted by atomic mass is 9.89. The van der Waals surface area contributed by atoms with Gasteiger partial charge in [-0.15, -0.1) is 0 Å². The maximum absolute atomic E-state index is 8.85. The molecule has 0 aromatic heterocycles. The summed E-state index contributed by atoms with van der Waals surface area (Å²) in [6.45, 7) is 2.04. The van der Waals surface area contributed by atoms with E-state index in [9.17, 15) is 0 Å². The second-order valence-electron chi connectivity index (χ2n) is 6.15. The summed E-state index contributed by atoms with van der Waals surface area (Å²) < 4.78 is 0. The Morgan fingerprint density at radius 3 is 2.43 bits per heavy atom. The minimum Gasteiger partial charge on any atom is -0.399 e. The molecule has 0 atom stereocenters. The van der Waals surface area contributed by atoms with E-state index in [-0.39, 0.29) is 0 Å². The fraction of sp³-hybridized carbons (Fsp3) is 0.316. The Balaban J connectivity index is 1.58. The molecule has 2 aromatic carbocycles. The second-order valence-corrected chi connectivity index (χ2v) is 6.56. The molecule has 1 fully saturated rings. The lowest BCUT2D eigenvalue weighted by Gasteiger charge is -2.34. The van der Waals surface area contributed by atoms with Crippen LogP contribution in [0.2, 0.25) is 5.02 Å². The average molecular weight is 326 g/mol. The lowest BCUT2D eigenvalue weighted by molar-refractivity contribution is 0.404. The highest BCUT2D eigenvalue weighted by molar-refractivity contribution is 6.33. The van der Waals surface area contributed by atoms with Gasteiger partial charge in [0.2, 0.25) is 0 Å². The number of nitrogens with two attached hydrogens (primary N) is 1. The highest BCUT2D eigenvalue weighted by Gasteiger charge is 2.21. The van der Waals surface area contributed by atoms with Gasteiger partial charge < -0.3 is 10.6 Å². The minimum absolute atomic E-state index is 0.687. The number of benzene rings is 2. The van der Waals surface area contributed by atoms with Crippen molar-refractivity contribution >= 4 is 23.0 Å². The number of rotatable bonds is 3. The van der Waals surface area contributed by atoms with E-state index in [1.165, 1.54) is 5.56 Å². The van der Waals surface area contributed by atoms with Crippen LogP contribution < -0.4 is 10.6 Å². The molecule has 1 aliphatic heterocycles. The van der Waals surface area contributed by atoms with Crippen molar-refractivity contribution in [2.45, 2.75) is 19.3 Å². The smallest absolute Gasteiger partial charge is 0.0991 e. The number of piperidine rings is 1. The Hall–Kier alpha value is -2.18. The summed E-state index contributed by atoms with van der Waals surface area (Å²) in [5, 5.41) is 9.58. The van der Waals surface area contributed by atoms with E-state index in [1.54, 1.807) is 0 Å². The highest BCUT2D eigenvalue weighted by Crippen LogP contribution is 2.32. The van der Waals surface area contributed by atoms with Crippen LogP contribution in [0.15, 0.2) is 42.5 Å². The van der Waals surface area contributed by atoms with Gasteiger partial charge in [-0.3, -0.25) is 0 Å². The molecule has 23 heavy (non-hydrogen) atoms. The quantitative estimate of drug-likeness (QED) is 0.858. The summed E-state index contributed by atoms with van der Waals surface area (Å²) in [5.74, 6) is 0.687. The third-order valence-electron chi connectivity index (χ3n) is 4.53. The SMILES string of the molecule is N#Cc1ccc(CC2CCN(c3ccc(N)cc3Cl)CC2)cc1. The van der Waals surface area contributed by atoms with Crippen molar-refractivity contribution in [3.8, 4) is 6.07 Å². The molecule has 1 aliphatic rings. The van der Waals surface area contributed by atoms with Crippen LogP contribution in [0.1, 0.15) is 24.0 Å². The summed E-state index contributed by atoms with van der Waals surface area (Å²) in [6.07, 6.45) is 3.39. The molecule has 1 heterocycles. The Kier molecular flexibility index (Phi) is 4.73. The van der Waals surface area contributed by atoms with Gasteiger partial charge in [0.1, 0.15) is 0 Å². The molecule has 0 aliphatic carbocycles. The fourth-order valence-corrected chi connectivity index (χ4v) is 3.51. The first-order valence-corrected chi connectivity index (χ1v) is 8.32. The molecule has 1 saturated heterocycles. The van der Waals surface area contributed by atoms with Gasteiger partial charge in [-0.05, 0) is 61.1 Å². The number of nitrogens with zero attached hydrogens (tertiary/aromatic N) is 2. The Morgan fingerprint density at radius 2 is 1.83 bits per heavy atom. The first kappa shape index (κ1) is 15.7. The third-order valence-corrected chi connectivity index (χ3v) is 4.84. The van der Waals surface area contributed by atoms with Gasteiger partial charge in [-0.25, -0.2) is 0 Å². The van der Waals surface area contributed by atoms with Crippen molar-refractivity contribution in [1.82, 2.24) is 0 Å². The standard InChI is InChI=1S/C19H20ClN3/c20-18-12-17(22)5-6-19(18)23-9-7-15(8-10-23)11-14-1-3-16(13-21)4-2-14/h1-6,12,15H,7-11,22H2. The molecule has 0 spiro atoms. The maximum Gasteiger partial charge on any atom is 0.0991 e. The summed E-state index contributed by atoms with van der Waals surface area (Å²) in [4.78, 5) is 2.34. The van der Waals surface area contributed by atoms with Gasteiger partial charge in [0, 0.05) is 18.8 Å². The van der Waals surface area contributed by atoms with Crippen LogP contribution in [0.5, 0.6) is 0 Å². The van der Waals surface area contributed by atoms with E-state index in [1.807, 2.05) is 30.3 Å². The maximum atomic E-state index is 8.85. The fourth-order valence-electron chi connectivity index (χ4n) is 3.21. The van der Waals surface area contributed by atoms with Crippen molar-refractivity contribution in [3.63, 3.8) is 0 Å². The molecular formula is C19H20ClN3. The van der Waals surface area contributed by atoms with Crippen molar-refractivity contribution < 1.29 is 0 Å². The van der Waals surface area contributed by atoms with Crippen LogP contribution >= 0.6 is 11.6 Å². The Bertz CT molecular complexity index is 710. The number of nitriles is 1. The van der Waals surface area contributed by atoms with E-state index in [4.69, 9.17) is 22.6 Å². The third kappa shape index (κ3) is 3.78. The van der Waals surface area contributed by atoms with Crippen LogP contribution in [-0.2, 0) is 6.42 Å². The zero-order valence-corrected chi connectivity index (χ0v) is 13.8. The van der Waals surface area contributed by atoms with E-state index in [0.29, 0.717) is 11.6 Å². The van der Waals surface area contributed by atoms with Gasteiger partial charge in [0.15, 0.2) is 0 Å². The predicted molar refractivity (Wildman–Crippen MR) is 95.7 cm³/mol. The summed E-state index contributed by atoms with van der Waals surface area (Å²) in [5.41, 5.74) is 9.58. The monoisotopic (exact) mass is 325 g/mol. The Labute approximate surface area is 142 Å². The van der Waals surface area contributed by atoms with Crippen LogP contribution in [0.3, 0.4) is 0 Å². The molecule has 2 N–H and O–H groups in total. The molecule has 0 radical (unpaired) electrons. The van der Waals surface area contributed by atoms with Gasteiger partial charge in [-0.2, -0.15) is 5.26 Å². The van der Waals surface area contributed by atoms with E-state index in [2.05, 4.69) is 23.1 Å². The second kappa shape index (κ2) is 6.93. The van der Waals surface area contributed by atoms with Crippen LogP contribution in [0, 0.1) is 17.2 Å². The van der Waals surface area contributed by atoms with Crippen molar-refractivity contribution in [2.24, 2.45) is 5.92 Å². The van der Waals surface area contributed by atoms with Crippen LogP contribution in [-0.4, -0.2) is 13.1 Å². The predicted octanol–water partition coefficient (Wildman–Crippen LogP) is 4.25. The number of anilines is 2. The normalized spacial score (nSPS) is 15.4. The molecular weight excluding hydrogens is 306 g/mol. The molecule has 2 aromatic rings. The topological polar surface area (TPSA) is 53.0 Å². The average Bonchev–Trinajstić information content (AvgIpc) is 2.57. The molecule has 0 unspecified atom stereocenters. The number of halogens is 1. The first-order chi connectivity index (χ1) is 11.2. The van der Waals surface area contributed by atoms with Gasteiger partial charge in [-0.1, -0.05) is 23.7 Å². The summed E-state index contributed by atoms with van der Waals surface area (Å²) in [7, 11) is 0. The largest absolute Gasteiger partial charge is 0.399 e. The molecule has 0 saturated carbocycles. The summed E-state index contributed by atoms with van der Waals surface area (Å²) >= 11 is 6.31. The summed E-state index contributed by atoms with van der Waals surface area (Å²) in [6, 6.07) is 15.8. The highest BCUT2D eigenvalue weighted by atomic mass is 35.5. The molecule has 3 nitrogen and oxygen atoms in total. The Morgan fingerprint density at radius 1 is 1.13 bits per heavy atom. The van der Waals surface area contributed by atoms with Gasteiger partial charge in [0.05, 0.1) is 22.3 Å². The van der Waals surface area contributed by atoms with Crippen LogP contribution in [0.4, 0.5) is 11.4 Å². The first-order valence-electron chi connectivity index (χ1n) is 7.95. The number of hydrogen-bond donors (Lipinski definition) is 1. The molecule has 0 bridgehead atoms. The number of nitrogen functional groups attached to an aromatic ring is 1. The van der Waals surface area contributed by atoms with Crippen LogP contribution in [0.25, 0.3) is 0 Å². The van der Waals surface area contributed by atoms with E-state index in [0.717, 1.165) is 48.6 Å². The zero-order chi connectivity index (χ0) is 16.2.